The molecule has 0 aromatic carbocycles. The predicted molar refractivity (Wildman–Crippen MR) is 99.3 cm³/mol. The molecule has 2 aliphatic heterocycles. The van der Waals surface area contributed by atoms with Gasteiger partial charge in [-0.15, -0.1) is 0 Å². The SMILES string of the molecule is FC(F)(F)c1cccnc1N1CCC2CCN(c3nccc4occc34)C2C1. The molecule has 8 heteroatoms. The predicted octanol–water partition coefficient (Wildman–Crippen LogP) is 4.35. The second-order valence-corrected chi connectivity index (χ2v) is 7.38. The van der Waals surface area contributed by atoms with Gasteiger partial charge in [0, 0.05) is 32.0 Å². The summed E-state index contributed by atoms with van der Waals surface area (Å²) in [6.07, 6.45) is 2.23. The average Bonchev–Trinajstić information content (AvgIpc) is 3.33. The molecule has 3 aromatic rings. The summed E-state index contributed by atoms with van der Waals surface area (Å²) in [6, 6.07) is 6.26. The highest BCUT2D eigenvalue weighted by Crippen LogP contribution is 2.40. The molecule has 146 valence electrons. The van der Waals surface area contributed by atoms with Gasteiger partial charge in [-0.1, -0.05) is 0 Å². The summed E-state index contributed by atoms with van der Waals surface area (Å²) >= 11 is 0. The lowest BCUT2D eigenvalue weighted by molar-refractivity contribution is -0.137. The maximum atomic E-state index is 13.5. The van der Waals surface area contributed by atoms with Gasteiger partial charge in [-0.2, -0.15) is 13.2 Å². The number of alkyl halides is 3. The molecule has 2 fully saturated rings. The van der Waals surface area contributed by atoms with Crippen molar-refractivity contribution < 1.29 is 17.6 Å². The van der Waals surface area contributed by atoms with Gasteiger partial charge in [-0.25, -0.2) is 9.97 Å². The van der Waals surface area contributed by atoms with E-state index in [0.717, 1.165) is 42.2 Å². The molecule has 0 saturated carbocycles. The minimum atomic E-state index is -4.42. The van der Waals surface area contributed by atoms with Gasteiger partial charge < -0.3 is 14.2 Å². The third kappa shape index (κ3) is 2.78. The molecule has 0 amide bonds. The fourth-order valence-corrected chi connectivity index (χ4v) is 4.58. The fraction of sp³-hybridized carbons (Fsp3) is 0.400. The molecule has 0 bridgehead atoms. The van der Waals surface area contributed by atoms with E-state index < -0.39 is 11.7 Å². The van der Waals surface area contributed by atoms with Crippen molar-refractivity contribution in [2.24, 2.45) is 5.92 Å². The molecule has 2 aliphatic rings. The molecular weight excluding hydrogens is 369 g/mol. The van der Waals surface area contributed by atoms with E-state index in [9.17, 15) is 13.2 Å². The lowest BCUT2D eigenvalue weighted by Gasteiger charge is -2.40. The van der Waals surface area contributed by atoms with Crippen LogP contribution in [0.5, 0.6) is 0 Å². The van der Waals surface area contributed by atoms with Crippen LogP contribution in [-0.2, 0) is 6.18 Å². The third-order valence-corrected chi connectivity index (χ3v) is 5.89. The molecular formula is C20H19F3N4O. The Balaban J connectivity index is 1.48. The lowest BCUT2D eigenvalue weighted by Crippen LogP contribution is -2.49. The molecule has 0 radical (unpaired) electrons. The Kier molecular flexibility index (Phi) is 3.96. The minimum Gasteiger partial charge on any atom is -0.464 e. The van der Waals surface area contributed by atoms with Crippen LogP contribution in [0.2, 0.25) is 0 Å². The van der Waals surface area contributed by atoms with Crippen LogP contribution in [-0.4, -0.2) is 35.6 Å². The maximum Gasteiger partial charge on any atom is 0.419 e. The first-order valence-corrected chi connectivity index (χ1v) is 9.38. The molecule has 5 rings (SSSR count). The zero-order valence-electron chi connectivity index (χ0n) is 15.1. The molecule has 2 saturated heterocycles. The number of anilines is 2. The van der Waals surface area contributed by atoms with Gasteiger partial charge >= 0.3 is 6.18 Å². The van der Waals surface area contributed by atoms with Crippen LogP contribution in [0.4, 0.5) is 24.8 Å². The summed E-state index contributed by atoms with van der Waals surface area (Å²) in [7, 11) is 0. The van der Waals surface area contributed by atoms with E-state index in [1.165, 1.54) is 12.3 Å². The number of halogens is 3. The van der Waals surface area contributed by atoms with Crippen molar-refractivity contribution >= 4 is 22.6 Å². The molecule has 0 spiro atoms. The topological polar surface area (TPSA) is 45.4 Å². The summed E-state index contributed by atoms with van der Waals surface area (Å²) in [6.45, 7) is 1.92. The van der Waals surface area contributed by atoms with E-state index in [4.69, 9.17) is 4.42 Å². The van der Waals surface area contributed by atoms with E-state index >= 15 is 0 Å². The molecule has 28 heavy (non-hydrogen) atoms. The van der Waals surface area contributed by atoms with Crippen molar-refractivity contribution in [1.29, 1.82) is 0 Å². The van der Waals surface area contributed by atoms with Crippen LogP contribution < -0.4 is 9.80 Å². The van der Waals surface area contributed by atoms with Crippen molar-refractivity contribution in [3.8, 4) is 0 Å². The lowest BCUT2D eigenvalue weighted by atomic mass is 9.92. The molecule has 5 nitrogen and oxygen atoms in total. The Morgan fingerprint density at radius 2 is 1.82 bits per heavy atom. The number of pyridine rings is 2. The van der Waals surface area contributed by atoms with Gasteiger partial charge in [-0.3, -0.25) is 0 Å². The summed E-state index contributed by atoms with van der Waals surface area (Å²) in [5.74, 6) is 1.31. The van der Waals surface area contributed by atoms with Crippen molar-refractivity contribution in [3.63, 3.8) is 0 Å². The van der Waals surface area contributed by atoms with Crippen molar-refractivity contribution in [1.82, 2.24) is 9.97 Å². The van der Waals surface area contributed by atoms with Crippen LogP contribution in [0, 0.1) is 5.92 Å². The van der Waals surface area contributed by atoms with Gasteiger partial charge in [-0.05, 0) is 43.0 Å². The Hall–Kier alpha value is -2.77. The summed E-state index contributed by atoms with van der Waals surface area (Å²) in [4.78, 5) is 12.6. The number of rotatable bonds is 2. The number of hydrogen-bond acceptors (Lipinski definition) is 5. The number of nitrogens with zero attached hydrogens (tertiary/aromatic N) is 4. The quantitative estimate of drug-likeness (QED) is 0.653. The van der Waals surface area contributed by atoms with E-state index in [0.29, 0.717) is 19.0 Å². The summed E-state index contributed by atoms with van der Waals surface area (Å²) in [5, 5.41) is 0.939. The van der Waals surface area contributed by atoms with E-state index in [-0.39, 0.29) is 11.9 Å². The minimum absolute atomic E-state index is 0.0229. The monoisotopic (exact) mass is 388 g/mol. The normalized spacial score (nSPS) is 22.7. The van der Waals surface area contributed by atoms with E-state index in [1.807, 2.05) is 12.1 Å². The molecule has 2 atom stereocenters. The standard InChI is InChI=1S/C20H19F3N4O/c21-20(22,23)15-2-1-7-24-19(15)26-9-4-13-5-10-27(16(13)12-26)18-14-6-11-28-17(14)3-8-25-18/h1-3,6-8,11,13,16H,4-5,9-10,12H2. The fourth-order valence-electron chi connectivity index (χ4n) is 4.58. The van der Waals surface area contributed by atoms with Gasteiger partial charge in [0.25, 0.3) is 0 Å². The second kappa shape index (κ2) is 6.39. The first kappa shape index (κ1) is 17.3. The van der Waals surface area contributed by atoms with Crippen LogP contribution in [0.3, 0.4) is 0 Å². The maximum absolute atomic E-state index is 13.5. The number of fused-ring (bicyclic) bond motifs is 2. The Morgan fingerprint density at radius 3 is 2.68 bits per heavy atom. The van der Waals surface area contributed by atoms with Gasteiger partial charge in [0.1, 0.15) is 17.2 Å². The molecule has 2 unspecified atom stereocenters. The van der Waals surface area contributed by atoms with Gasteiger partial charge in [0.2, 0.25) is 0 Å². The van der Waals surface area contributed by atoms with Crippen LogP contribution in [0.15, 0.2) is 47.3 Å². The number of aromatic nitrogens is 2. The zero-order valence-corrected chi connectivity index (χ0v) is 15.1. The largest absolute Gasteiger partial charge is 0.464 e. The number of piperidine rings is 1. The van der Waals surface area contributed by atoms with E-state index in [1.54, 1.807) is 17.4 Å². The van der Waals surface area contributed by atoms with Gasteiger partial charge in [0.15, 0.2) is 0 Å². The third-order valence-electron chi connectivity index (χ3n) is 5.89. The average molecular weight is 388 g/mol. The first-order chi connectivity index (χ1) is 13.5. The van der Waals surface area contributed by atoms with Crippen LogP contribution >= 0.6 is 0 Å². The van der Waals surface area contributed by atoms with Gasteiger partial charge in [0.05, 0.1) is 23.3 Å². The molecule has 0 N–H and O–H groups in total. The number of furan rings is 1. The zero-order chi connectivity index (χ0) is 19.3. The van der Waals surface area contributed by atoms with Crippen molar-refractivity contribution in [3.05, 3.63) is 48.5 Å². The van der Waals surface area contributed by atoms with Crippen LogP contribution in [0.1, 0.15) is 18.4 Å². The highest BCUT2D eigenvalue weighted by Gasteiger charge is 2.42. The van der Waals surface area contributed by atoms with Crippen molar-refractivity contribution in [2.45, 2.75) is 25.1 Å². The smallest absolute Gasteiger partial charge is 0.419 e. The number of hydrogen-bond donors (Lipinski definition) is 0. The first-order valence-electron chi connectivity index (χ1n) is 9.38. The molecule has 3 aromatic heterocycles. The molecule has 5 heterocycles. The second-order valence-electron chi connectivity index (χ2n) is 7.38. The van der Waals surface area contributed by atoms with Crippen LogP contribution in [0.25, 0.3) is 11.0 Å². The summed E-state index contributed by atoms with van der Waals surface area (Å²) < 4.78 is 45.8. The Morgan fingerprint density at radius 1 is 1.00 bits per heavy atom. The Labute approximate surface area is 159 Å². The van der Waals surface area contributed by atoms with Crippen molar-refractivity contribution in [2.75, 3.05) is 29.4 Å². The molecule has 0 aliphatic carbocycles. The summed E-state index contributed by atoms with van der Waals surface area (Å²) in [5.41, 5.74) is 0.0956. The highest BCUT2D eigenvalue weighted by atomic mass is 19.4. The Bertz CT molecular complexity index is 1000. The van der Waals surface area contributed by atoms with E-state index in [2.05, 4.69) is 14.9 Å². The highest BCUT2D eigenvalue weighted by molar-refractivity contribution is 5.88.